The molecular formula is C28H24F3N5O2. The second kappa shape index (κ2) is 9.70. The molecular weight excluding hydrogens is 495 g/mol. The maximum Gasteiger partial charge on any atom is 0.416 e. The molecule has 10 heteroatoms. The fourth-order valence-electron chi connectivity index (χ4n) is 4.85. The van der Waals surface area contributed by atoms with E-state index >= 15 is 0 Å². The van der Waals surface area contributed by atoms with Gasteiger partial charge in [-0.25, -0.2) is 4.68 Å². The van der Waals surface area contributed by atoms with Crippen molar-refractivity contribution in [3.8, 4) is 5.69 Å². The summed E-state index contributed by atoms with van der Waals surface area (Å²) >= 11 is 0. The summed E-state index contributed by atoms with van der Waals surface area (Å²) in [6, 6.07) is 19.2. The van der Waals surface area contributed by atoms with Crippen LogP contribution in [-0.4, -0.2) is 34.2 Å². The van der Waals surface area contributed by atoms with Crippen LogP contribution in [0, 0.1) is 0 Å². The molecule has 1 aliphatic heterocycles. The van der Waals surface area contributed by atoms with Gasteiger partial charge in [0.2, 0.25) is 0 Å². The molecule has 38 heavy (non-hydrogen) atoms. The number of hydrogen-bond acceptors (Lipinski definition) is 4. The van der Waals surface area contributed by atoms with Gasteiger partial charge in [0.25, 0.3) is 11.8 Å². The highest BCUT2D eigenvalue weighted by molar-refractivity contribution is 6.05. The molecule has 1 aromatic heterocycles. The Hall–Kier alpha value is -4.60. The number of nitrogens with one attached hydrogen (secondary N) is 1. The van der Waals surface area contributed by atoms with Gasteiger partial charge in [0, 0.05) is 29.3 Å². The number of likely N-dealkylation sites (N-methyl/N-ethyl adjacent to an activating group) is 1. The number of carbonyl (C=O) groups excluding carboxylic acids is 2. The Kier molecular flexibility index (Phi) is 6.40. The average molecular weight is 520 g/mol. The molecule has 2 amide bonds. The molecule has 3 aromatic carbocycles. The van der Waals surface area contributed by atoms with Crippen molar-refractivity contribution in [1.29, 1.82) is 0 Å². The second-order valence-corrected chi connectivity index (χ2v) is 8.89. The van der Waals surface area contributed by atoms with Crippen LogP contribution in [0.1, 0.15) is 39.9 Å². The summed E-state index contributed by atoms with van der Waals surface area (Å²) in [5, 5.41) is 7.26. The number of rotatable bonds is 5. The summed E-state index contributed by atoms with van der Waals surface area (Å²) in [6.07, 6.45) is -2.98. The number of nitrogen functional groups attached to an aromatic ring is 1. The largest absolute Gasteiger partial charge is 0.416 e. The molecule has 0 aliphatic carbocycles. The van der Waals surface area contributed by atoms with Crippen molar-refractivity contribution in [2.75, 3.05) is 17.2 Å². The van der Waals surface area contributed by atoms with Crippen LogP contribution in [-0.2, 0) is 11.0 Å². The highest BCUT2D eigenvalue weighted by Gasteiger charge is 2.45. The highest BCUT2D eigenvalue weighted by atomic mass is 19.4. The van der Waals surface area contributed by atoms with Crippen molar-refractivity contribution >= 4 is 23.3 Å². The molecule has 1 aliphatic rings. The number of hydrogen-bond donors (Lipinski definition) is 2. The maximum atomic E-state index is 13.9. The lowest BCUT2D eigenvalue weighted by Crippen LogP contribution is -2.55. The van der Waals surface area contributed by atoms with Gasteiger partial charge in [0.05, 0.1) is 17.4 Å². The number of alkyl halides is 3. The summed E-state index contributed by atoms with van der Waals surface area (Å²) in [4.78, 5) is 28.7. The molecule has 0 radical (unpaired) electrons. The first-order valence-electron chi connectivity index (χ1n) is 12.0. The Bertz CT molecular complexity index is 1500. The number of nitrogens with two attached hydrogens (primary N) is 1. The number of anilines is 2. The van der Waals surface area contributed by atoms with Crippen molar-refractivity contribution in [1.82, 2.24) is 15.1 Å². The summed E-state index contributed by atoms with van der Waals surface area (Å²) in [5.74, 6) is -1.41. The van der Waals surface area contributed by atoms with E-state index in [9.17, 15) is 22.8 Å². The number of aromatic nitrogens is 2. The molecule has 3 N–H and O–H groups in total. The van der Waals surface area contributed by atoms with Crippen LogP contribution in [0.25, 0.3) is 5.69 Å². The first kappa shape index (κ1) is 25.1. The van der Waals surface area contributed by atoms with Crippen LogP contribution in [0.15, 0.2) is 85.1 Å². The van der Waals surface area contributed by atoms with Crippen molar-refractivity contribution in [3.05, 3.63) is 107 Å². The Balaban J connectivity index is 1.63. The Morgan fingerprint density at radius 3 is 2.39 bits per heavy atom. The molecule has 0 bridgehead atoms. The minimum atomic E-state index is -4.61. The molecule has 194 valence electrons. The van der Waals surface area contributed by atoms with Crippen molar-refractivity contribution < 1.29 is 22.8 Å². The Morgan fingerprint density at radius 1 is 1.00 bits per heavy atom. The minimum absolute atomic E-state index is 0.207. The van der Waals surface area contributed by atoms with Crippen LogP contribution in [0.4, 0.5) is 24.7 Å². The van der Waals surface area contributed by atoms with Gasteiger partial charge in [0.1, 0.15) is 11.9 Å². The van der Waals surface area contributed by atoms with E-state index in [2.05, 4.69) is 10.4 Å². The van der Waals surface area contributed by atoms with E-state index in [-0.39, 0.29) is 12.1 Å². The van der Waals surface area contributed by atoms with Gasteiger partial charge >= 0.3 is 6.18 Å². The first-order chi connectivity index (χ1) is 18.2. The van der Waals surface area contributed by atoms with Gasteiger partial charge in [-0.1, -0.05) is 42.5 Å². The first-order valence-corrected chi connectivity index (χ1v) is 12.0. The number of benzene rings is 3. The molecule has 0 saturated carbocycles. The van der Waals surface area contributed by atoms with E-state index in [1.54, 1.807) is 42.1 Å². The molecule has 0 fully saturated rings. The van der Waals surface area contributed by atoms with Gasteiger partial charge < -0.3 is 11.1 Å². The quantitative estimate of drug-likeness (QED) is 0.372. The van der Waals surface area contributed by atoms with E-state index in [1.165, 1.54) is 11.0 Å². The standard InChI is InChI=1S/C28H24F3N5O2/c1-2-35-26-21(16-33-36(26)19-11-4-3-5-12-19)23(20-13-6-7-14-22(20)32)24(27(35)38)34-25(37)17-9-8-10-18(15-17)28(29,30)31/h3-16,23-24H,2,32H2,1H3,(H,34,37)/t23-,24?/m0/s1. The van der Waals surface area contributed by atoms with Gasteiger partial charge in [-0.3, -0.25) is 14.5 Å². The lowest BCUT2D eigenvalue weighted by atomic mass is 9.81. The third kappa shape index (κ3) is 4.38. The predicted octanol–water partition coefficient (Wildman–Crippen LogP) is 4.77. The Morgan fingerprint density at radius 2 is 1.71 bits per heavy atom. The molecule has 2 atom stereocenters. The topological polar surface area (TPSA) is 93.2 Å². The summed E-state index contributed by atoms with van der Waals surface area (Å²) < 4.78 is 41.5. The third-order valence-corrected chi connectivity index (χ3v) is 6.61. The van der Waals surface area contributed by atoms with Gasteiger partial charge in [0.15, 0.2) is 0 Å². The zero-order valence-electron chi connectivity index (χ0n) is 20.3. The summed E-state index contributed by atoms with van der Waals surface area (Å²) in [5.41, 5.74) is 7.56. The summed E-state index contributed by atoms with van der Waals surface area (Å²) in [6.45, 7) is 2.07. The second-order valence-electron chi connectivity index (χ2n) is 8.89. The van der Waals surface area contributed by atoms with Gasteiger partial charge in [-0.05, 0) is 48.9 Å². The lowest BCUT2D eigenvalue weighted by molar-refractivity contribution is -0.137. The highest BCUT2D eigenvalue weighted by Crippen LogP contribution is 2.43. The van der Waals surface area contributed by atoms with Crippen LogP contribution in [0.5, 0.6) is 0 Å². The van der Waals surface area contributed by atoms with Crippen LogP contribution in [0.3, 0.4) is 0 Å². The molecule has 0 saturated heterocycles. The zero-order valence-corrected chi connectivity index (χ0v) is 20.3. The van der Waals surface area contributed by atoms with Crippen LogP contribution >= 0.6 is 0 Å². The number of nitrogens with zero attached hydrogens (tertiary/aromatic N) is 3. The van der Waals surface area contributed by atoms with Crippen molar-refractivity contribution in [3.63, 3.8) is 0 Å². The molecule has 4 aromatic rings. The molecule has 0 spiro atoms. The number of amides is 2. The predicted molar refractivity (Wildman–Crippen MR) is 137 cm³/mol. The van der Waals surface area contributed by atoms with E-state index in [1.807, 2.05) is 30.3 Å². The van der Waals surface area contributed by atoms with E-state index in [4.69, 9.17) is 5.73 Å². The third-order valence-electron chi connectivity index (χ3n) is 6.61. The molecule has 5 rings (SSSR count). The monoisotopic (exact) mass is 519 g/mol. The molecule has 7 nitrogen and oxygen atoms in total. The van der Waals surface area contributed by atoms with E-state index in [0.29, 0.717) is 22.6 Å². The van der Waals surface area contributed by atoms with E-state index < -0.39 is 35.5 Å². The average Bonchev–Trinajstić information content (AvgIpc) is 3.34. The fourth-order valence-corrected chi connectivity index (χ4v) is 4.85. The van der Waals surface area contributed by atoms with Crippen LogP contribution < -0.4 is 16.0 Å². The Labute approximate surface area is 216 Å². The number of fused-ring (bicyclic) bond motifs is 1. The summed E-state index contributed by atoms with van der Waals surface area (Å²) in [7, 11) is 0. The molecule has 2 heterocycles. The SMILES string of the molecule is CCN1C(=O)C(NC(=O)c2cccc(C(F)(F)F)c2)[C@@H](c2ccccc2N)c2cnn(-c3ccccc3)c21. The lowest BCUT2D eigenvalue weighted by Gasteiger charge is -2.38. The number of halogens is 3. The number of para-hydroxylation sites is 2. The van der Waals surface area contributed by atoms with Crippen molar-refractivity contribution in [2.24, 2.45) is 0 Å². The maximum absolute atomic E-state index is 13.9. The number of carbonyl (C=O) groups is 2. The van der Waals surface area contributed by atoms with Crippen LogP contribution in [0.2, 0.25) is 0 Å². The van der Waals surface area contributed by atoms with Gasteiger partial charge in [-0.15, -0.1) is 0 Å². The zero-order chi connectivity index (χ0) is 27.0. The minimum Gasteiger partial charge on any atom is -0.398 e. The van der Waals surface area contributed by atoms with Gasteiger partial charge in [-0.2, -0.15) is 18.3 Å². The normalized spacial score (nSPS) is 17.3. The van der Waals surface area contributed by atoms with Crippen molar-refractivity contribution in [2.45, 2.75) is 25.1 Å². The fraction of sp³-hybridized carbons (Fsp3) is 0.179. The molecule has 1 unspecified atom stereocenters. The smallest absolute Gasteiger partial charge is 0.398 e. The van der Waals surface area contributed by atoms with E-state index in [0.717, 1.165) is 23.9 Å².